The smallest absolute Gasteiger partial charge is 0.275 e. The molecular weight excluding hydrogens is 356 g/mol. The lowest BCUT2D eigenvalue weighted by atomic mass is 10.2. The standard InChI is InChI=1S/C19H16N8O/c1-13-11-21-16(12-20-13)19(28)24-15-5-3-14(4-6-15)23-17-7-8-18(26-25-17)27-10-2-9-22-27/h2-12H,1H3,(H,23,25)(H,24,28). The van der Waals surface area contributed by atoms with Crippen LogP contribution >= 0.6 is 0 Å². The number of carbonyl (C=O) groups excluding carboxylic acids is 1. The number of carbonyl (C=O) groups is 1. The van der Waals surface area contributed by atoms with Crippen LogP contribution in [0.1, 0.15) is 16.2 Å². The van der Waals surface area contributed by atoms with Crippen molar-refractivity contribution in [3.05, 3.63) is 78.6 Å². The third-order valence-corrected chi connectivity index (χ3v) is 3.82. The maximum absolute atomic E-state index is 12.2. The Morgan fingerprint density at radius 1 is 0.964 bits per heavy atom. The second kappa shape index (κ2) is 7.62. The SMILES string of the molecule is Cc1cnc(C(=O)Nc2ccc(Nc3ccc(-n4cccn4)nn3)cc2)cn1. The van der Waals surface area contributed by atoms with E-state index in [4.69, 9.17) is 0 Å². The number of benzene rings is 1. The van der Waals surface area contributed by atoms with E-state index in [0.717, 1.165) is 11.4 Å². The maximum Gasteiger partial charge on any atom is 0.275 e. The minimum Gasteiger partial charge on any atom is -0.339 e. The highest BCUT2D eigenvalue weighted by atomic mass is 16.1. The monoisotopic (exact) mass is 372 g/mol. The molecule has 0 aliphatic carbocycles. The lowest BCUT2D eigenvalue weighted by molar-refractivity contribution is 0.102. The predicted octanol–water partition coefficient (Wildman–Crippen LogP) is 2.76. The van der Waals surface area contributed by atoms with Crippen molar-refractivity contribution in [3.8, 4) is 5.82 Å². The van der Waals surface area contributed by atoms with Crippen molar-refractivity contribution in [2.45, 2.75) is 6.92 Å². The molecule has 3 heterocycles. The molecule has 0 aliphatic heterocycles. The first kappa shape index (κ1) is 17.3. The van der Waals surface area contributed by atoms with Crippen LogP contribution in [-0.2, 0) is 0 Å². The van der Waals surface area contributed by atoms with Gasteiger partial charge in [0.1, 0.15) is 5.69 Å². The van der Waals surface area contributed by atoms with E-state index in [-0.39, 0.29) is 11.6 Å². The summed E-state index contributed by atoms with van der Waals surface area (Å²) >= 11 is 0. The van der Waals surface area contributed by atoms with Crippen LogP contribution in [0.3, 0.4) is 0 Å². The Morgan fingerprint density at radius 3 is 2.43 bits per heavy atom. The average Bonchev–Trinajstić information content (AvgIpc) is 3.25. The maximum atomic E-state index is 12.2. The van der Waals surface area contributed by atoms with Gasteiger partial charge in [0.2, 0.25) is 0 Å². The molecule has 1 amide bonds. The summed E-state index contributed by atoms with van der Waals surface area (Å²) in [6.45, 7) is 1.82. The molecule has 0 fully saturated rings. The van der Waals surface area contributed by atoms with Crippen molar-refractivity contribution in [1.29, 1.82) is 0 Å². The normalized spacial score (nSPS) is 10.5. The van der Waals surface area contributed by atoms with E-state index in [2.05, 4.69) is 35.9 Å². The minimum absolute atomic E-state index is 0.264. The molecule has 0 saturated heterocycles. The van der Waals surface area contributed by atoms with Crippen LogP contribution in [0.5, 0.6) is 0 Å². The number of aryl methyl sites for hydroxylation is 1. The number of hydrogen-bond donors (Lipinski definition) is 2. The molecule has 2 N–H and O–H groups in total. The third kappa shape index (κ3) is 3.98. The second-order valence-electron chi connectivity index (χ2n) is 5.93. The summed E-state index contributed by atoms with van der Waals surface area (Å²) in [7, 11) is 0. The number of amides is 1. The Morgan fingerprint density at radius 2 is 1.79 bits per heavy atom. The van der Waals surface area contributed by atoms with Gasteiger partial charge in [-0.1, -0.05) is 0 Å². The molecule has 0 radical (unpaired) electrons. The molecule has 0 bridgehead atoms. The van der Waals surface area contributed by atoms with E-state index < -0.39 is 0 Å². The zero-order valence-corrected chi connectivity index (χ0v) is 14.9. The highest BCUT2D eigenvalue weighted by Crippen LogP contribution is 2.18. The van der Waals surface area contributed by atoms with Gasteiger partial charge in [-0.2, -0.15) is 5.10 Å². The van der Waals surface area contributed by atoms with Crippen LogP contribution in [0.4, 0.5) is 17.2 Å². The molecule has 0 spiro atoms. The Kier molecular flexibility index (Phi) is 4.70. The third-order valence-electron chi connectivity index (χ3n) is 3.82. The van der Waals surface area contributed by atoms with Crippen LogP contribution in [0.2, 0.25) is 0 Å². The first-order valence-electron chi connectivity index (χ1n) is 8.48. The molecule has 138 valence electrons. The zero-order valence-electron chi connectivity index (χ0n) is 14.9. The van der Waals surface area contributed by atoms with Gasteiger partial charge in [0, 0.05) is 30.0 Å². The van der Waals surface area contributed by atoms with E-state index in [9.17, 15) is 4.79 Å². The first-order valence-corrected chi connectivity index (χ1v) is 8.48. The van der Waals surface area contributed by atoms with Gasteiger partial charge >= 0.3 is 0 Å². The van der Waals surface area contributed by atoms with E-state index in [1.54, 1.807) is 35.4 Å². The second-order valence-corrected chi connectivity index (χ2v) is 5.93. The molecule has 28 heavy (non-hydrogen) atoms. The number of rotatable bonds is 5. The summed E-state index contributed by atoms with van der Waals surface area (Å²) in [4.78, 5) is 20.3. The van der Waals surface area contributed by atoms with Crippen LogP contribution in [0.15, 0.2) is 67.3 Å². The van der Waals surface area contributed by atoms with Crippen molar-refractivity contribution in [1.82, 2.24) is 29.9 Å². The molecule has 0 atom stereocenters. The summed E-state index contributed by atoms with van der Waals surface area (Å²) in [5, 5.41) is 18.3. The fourth-order valence-electron chi connectivity index (χ4n) is 2.41. The Labute approximate surface area is 160 Å². The number of anilines is 3. The van der Waals surface area contributed by atoms with Crippen molar-refractivity contribution >= 4 is 23.1 Å². The van der Waals surface area contributed by atoms with Crippen LogP contribution in [-0.4, -0.2) is 35.9 Å². The van der Waals surface area contributed by atoms with E-state index >= 15 is 0 Å². The number of nitrogens with one attached hydrogen (secondary N) is 2. The topological polar surface area (TPSA) is 111 Å². The van der Waals surface area contributed by atoms with Gasteiger partial charge in [-0.3, -0.25) is 9.78 Å². The molecule has 0 aliphatic rings. The fourth-order valence-corrected chi connectivity index (χ4v) is 2.41. The highest BCUT2D eigenvalue weighted by molar-refractivity contribution is 6.02. The lowest BCUT2D eigenvalue weighted by Gasteiger charge is -2.08. The molecule has 4 aromatic rings. The van der Waals surface area contributed by atoms with Gasteiger partial charge in [0.15, 0.2) is 11.6 Å². The van der Waals surface area contributed by atoms with E-state index in [1.807, 2.05) is 37.3 Å². The summed E-state index contributed by atoms with van der Waals surface area (Å²) in [5.74, 6) is 0.920. The fraction of sp³-hybridized carbons (Fsp3) is 0.0526. The summed E-state index contributed by atoms with van der Waals surface area (Å²) < 4.78 is 1.63. The number of aromatic nitrogens is 6. The van der Waals surface area contributed by atoms with Gasteiger partial charge in [0.05, 0.1) is 11.9 Å². The molecule has 3 aromatic heterocycles. The molecule has 1 aromatic carbocycles. The van der Waals surface area contributed by atoms with Gasteiger partial charge in [-0.05, 0) is 49.4 Å². The van der Waals surface area contributed by atoms with E-state index in [0.29, 0.717) is 17.3 Å². The van der Waals surface area contributed by atoms with Crippen molar-refractivity contribution in [3.63, 3.8) is 0 Å². The number of nitrogens with zero attached hydrogens (tertiary/aromatic N) is 6. The molecule has 9 nitrogen and oxygen atoms in total. The molecular formula is C19H16N8O. The average molecular weight is 372 g/mol. The molecule has 9 heteroatoms. The van der Waals surface area contributed by atoms with Crippen LogP contribution in [0, 0.1) is 6.92 Å². The first-order chi connectivity index (χ1) is 13.7. The van der Waals surface area contributed by atoms with E-state index in [1.165, 1.54) is 6.20 Å². The largest absolute Gasteiger partial charge is 0.339 e. The zero-order chi connectivity index (χ0) is 19.3. The van der Waals surface area contributed by atoms with Gasteiger partial charge in [0.25, 0.3) is 5.91 Å². The Hall–Kier alpha value is -4.14. The van der Waals surface area contributed by atoms with Crippen LogP contribution in [0.25, 0.3) is 5.82 Å². The van der Waals surface area contributed by atoms with Crippen molar-refractivity contribution in [2.24, 2.45) is 0 Å². The molecule has 4 rings (SSSR count). The van der Waals surface area contributed by atoms with Gasteiger partial charge < -0.3 is 10.6 Å². The highest BCUT2D eigenvalue weighted by Gasteiger charge is 2.08. The lowest BCUT2D eigenvalue weighted by Crippen LogP contribution is -2.14. The van der Waals surface area contributed by atoms with Gasteiger partial charge in [-0.15, -0.1) is 10.2 Å². The quantitative estimate of drug-likeness (QED) is 0.554. The summed E-state index contributed by atoms with van der Waals surface area (Å²) in [6, 6.07) is 12.7. The Bertz CT molecular complexity index is 1060. The van der Waals surface area contributed by atoms with Crippen LogP contribution < -0.4 is 10.6 Å². The minimum atomic E-state index is -0.312. The number of hydrogen-bond acceptors (Lipinski definition) is 7. The van der Waals surface area contributed by atoms with Gasteiger partial charge in [-0.25, -0.2) is 9.67 Å². The summed E-state index contributed by atoms with van der Waals surface area (Å²) in [6.07, 6.45) is 6.48. The predicted molar refractivity (Wildman–Crippen MR) is 104 cm³/mol. The molecule has 0 unspecified atom stereocenters. The summed E-state index contributed by atoms with van der Waals surface area (Å²) in [5.41, 5.74) is 2.49. The Balaban J connectivity index is 1.39. The van der Waals surface area contributed by atoms with Crippen molar-refractivity contribution < 1.29 is 4.79 Å². The van der Waals surface area contributed by atoms with Crippen molar-refractivity contribution in [2.75, 3.05) is 10.6 Å². The molecule has 0 saturated carbocycles.